The van der Waals surface area contributed by atoms with Crippen LogP contribution in [0.4, 0.5) is 0 Å². The molecule has 4 atom stereocenters. The molecule has 1 heterocycles. The number of para-hydroxylation sites is 1. The molecular weight excluding hydrogens is 532 g/mol. The molecule has 0 saturated carbocycles. The van der Waals surface area contributed by atoms with Crippen LogP contribution in [-0.4, -0.2) is 82.0 Å². The van der Waals surface area contributed by atoms with E-state index in [0.29, 0.717) is 6.42 Å². The summed E-state index contributed by atoms with van der Waals surface area (Å²) in [6.45, 7) is 0.193. The Morgan fingerprint density at radius 2 is 1.58 bits per heavy atom. The van der Waals surface area contributed by atoms with Crippen molar-refractivity contribution in [2.75, 3.05) is 18.1 Å². The lowest BCUT2D eigenvalue weighted by molar-refractivity contribution is -0.142. The molecule has 2 aromatic rings. The number of nitrogens with two attached hydrogens (primary N) is 3. The summed E-state index contributed by atoms with van der Waals surface area (Å²) in [5.41, 5.74) is 17.9. The fraction of sp³-hybridized carbons (Fsp3) is 0.435. The van der Waals surface area contributed by atoms with E-state index in [1.165, 1.54) is 0 Å². The van der Waals surface area contributed by atoms with E-state index in [1.807, 2.05) is 24.3 Å². The van der Waals surface area contributed by atoms with Crippen LogP contribution in [0.3, 0.4) is 0 Å². The van der Waals surface area contributed by atoms with Crippen molar-refractivity contribution < 1.29 is 24.3 Å². The van der Waals surface area contributed by atoms with Crippen LogP contribution in [0.25, 0.3) is 10.9 Å². The molecular formula is C23H34N8O5S2. The van der Waals surface area contributed by atoms with E-state index in [4.69, 9.17) is 17.2 Å². The molecule has 0 aliphatic heterocycles. The number of hydrogen-bond donors (Lipinski definition) is 10. The van der Waals surface area contributed by atoms with Gasteiger partial charge in [-0.15, -0.1) is 0 Å². The second-order valence-electron chi connectivity index (χ2n) is 8.51. The Hall–Kier alpha value is -3.43. The van der Waals surface area contributed by atoms with E-state index in [0.717, 1.165) is 16.5 Å². The van der Waals surface area contributed by atoms with E-state index >= 15 is 0 Å². The van der Waals surface area contributed by atoms with Crippen molar-refractivity contribution in [2.24, 2.45) is 22.2 Å². The first kappa shape index (κ1) is 30.8. The molecule has 0 radical (unpaired) electrons. The summed E-state index contributed by atoms with van der Waals surface area (Å²) < 4.78 is 0. The number of carboxylic acids is 1. The third-order valence-corrected chi connectivity index (χ3v) is 6.40. The van der Waals surface area contributed by atoms with Gasteiger partial charge in [-0.05, 0) is 24.5 Å². The molecule has 13 nitrogen and oxygen atoms in total. The van der Waals surface area contributed by atoms with E-state index in [2.05, 4.69) is 51.2 Å². The van der Waals surface area contributed by atoms with Crippen molar-refractivity contribution in [3.8, 4) is 0 Å². The number of carboxylic acid groups (broad SMARTS) is 1. The highest BCUT2D eigenvalue weighted by atomic mass is 32.1. The molecule has 4 unspecified atom stereocenters. The molecule has 2 rings (SSSR count). The van der Waals surface area contributed by atoms with Gasteiger partial charge in [-0.2, -0.15) is 25.3 Å². The number of nitrogens with one attached hydrogen (secondary N) is 4. The van der Waals surface area contributed by atoms with Crippen molar-refractivity contribution in [1.82, 2.24) is 20.9 Å². The molecule has 0 bridgehead atoms. The van der Waals surface area contributed by atoms with E-state index in [1.54, 1.807) is 6.20 Å². The maximum atomic E-state index is 13.3. The Balaban J connectivity index is 2.15. The minimum absolute atomic E-state index is 0.0615. The van der Waals surface area contributed by atoms with Gasteiger partial charge < -0.3 is 43.2 Å². The van der Waals surface area contributed by atoms with Crippen LogP contribution in [0.5, 0.6) is 0 Å². The summed E-state index contributed by atoms with van der Waals surface area (Å²) in [7, 11) is 0. The second kappa shape index (κ2) is 15.1. The first-order chi connectivity index (χ1) is 18.1. The van der Waals surface area contributed by atoms with E-state index in [-0.39, 0.29) is 36.9 Å². The summed E-state index contributed by atoms with van der Waals surface area (Å²) in [4.78, 5) is 57.1. The topological polar surface area (TPSA) is 231 Å². The minimum atomic E-state index is -1.25. The largest absolute Gasteiger partial charge is 0.480 e. The molecule has 0 spiro atoms. The predicted octanol–water partition coefficient (Wildman–Crippen LogP) is -1.51. The normalized spacial score (nSPS) is 14.1. The van der Waals surface area contributed by atoms with E-state index < -0.39 is 47.9 Å². The van der Waals surface area contributed by atoms with E-state index in [9.17, 15) is 24.3 Å². The Morgan fingerprint density at radius 1 is 0.947 bits per heavy atom. The number of rotatable bonds is 15. The summed E-state index contributed by atoms with van der Waals surface area (Å²) in [6, 6.07) is 3.02. The highest BCUT2D eigenvalue weighted by molar-refractivity contribution is 7.80. The van der Waals surface area contributed by atoms with Gasteiger partial charge in [0.25, 0.3) is 0 Å². The molecule has 0 saturated heterocycles. The number of H-pyrrole nitrogens is 1. The van der Waals surface area contributed by atoms with Gasteiger partial charge in [0, 0.05) is 41.6 Å². The number of aromatic nitrogens is 1. The number of nitrogens with zero attached hydrogens (tertiary/aromatic N) is 1. The molecule has 0 aliphatic carbocycles. The predicted molar refractivity (Wildman–Crippen MR) is 151 cm³/mol. The van der Waals surface area contributed by atoms with Crippen LogP contribution >= 0.6 is 25.3 Å². The van der Waals surface area contributed by atoms with Crippen LogP contribution in [0.2, 0.25) is 0 Å². The average molecular weight is 567 g/mol. The number of carbonyl (C=O) groups is 4. The Bertz CT molecular complexity index is 1150. The fourth-order valence-corrected chi connectivity index (χ4v) is 4.01. The lowest BCUT2D eigenvalue weighted by atomic mass is 10.0. The fourth-order valence-electron chi connectivity index (χ4n) is 3.59. The number of thiol groups is 2. The van der Waals surface area contributed by atoms with Gasteiger partial charge in [0.15, 0.2) is 5.96 Å². The monoisotopic (exact) mass is 566 g/mol. The Morgan fingerprint density at radius 3 is 2.21 bits per heavy atom. The third-order valence-electron chi connectivity index (χ3n) is 5.64. The zero-order valence-electron chi connectivity index (χ0n) is 20.6. The lowest BCUT2D eigenvalue weighted by Crippen LogP contribution is -2.58. The zero-order chi connectivity index (χ0) is 28.2. The van der Waals surface area contributed by atoms with Gasteiger partial charge in [0.05, 0.1) is 6.04 Å². The molecule has 3 amide bonds. The van der Waals surface area contributed by atoms with Crippen LogP contribution in [-0.2, 0) is 25.6 Å². The third kappa shape index (κ3) is 9.15. The van der Waals surface area contributed by atoms with Gasteiger partial charge in [0.2, 0.25) is 17.7 Å². The first-order valence-corrected chi connectivity index (χ1v) is 13.0. The van der Waals surface area contributed by atoms with Gasteiger partial charge >= 0.3 is 5.97 Å². The number of hydrogen-bond acceptors (Lipinski definition) is 8. The summed E-state index contributed by atoms with van der Waals surface area (Å²) in [6.07, 6.45) is 2.20. The maximum absolute atomic E-state index is 13.3. The van der Waals surface area contributed by atoms with Crippen molar-refractivity contribution in [1.29, 1.82) is 0 Å². The van der Waals surface area contributed by atoms with Crippen LogP contribution in [0.1, 0.15) is 18.4 Å². The van der Waals surface area contributed by atoms with Crippen molar-refractivity contribution in [2.45, 2.75) is 43.4 Å². The van der Waals surface area contributed by atoms with Gasteiger partial charge in [-0.1, -0.05) is 18.2 Å². The van der Waals surface area contributed by atoms with Crippen LogP contribution in [0, 0.1) is 0 Å². The number of aromatic amines is 1. The number of aliphatic carboxylic acids is 1. The number of fused-ring (bicyclic) bond motifs is 1. The minimum Gasteiger partial charge on any atom is -0.480 e. The SMILES string of the molecule is NC(N)=NCCCC(NC(=O)C(CS)NC(=O)C(Cc1c[nH]c2ccccc12)NC(=O)C(N)CS)C(=O)O. The summed E-state index contributed by atoms with van der Waals surface area (Å²) in [5, 5.41) is 17.9. The van der Waals surface area contributed by atoms with Gasteiger partial charge in [-0.25, -0.2) is 4.79 Å². The molecule has 38 heavy (non-hydrogen) atoms. The Kier molecular flexibility index (Phi) is 12.2. The number of carbonyl (C=O) groups excluding carboxylic acids is 3. The van der Waals surface area contributed by atoms with Gasteiger partial charge in [-0.3, -0.25) is 19.4 Å². The van der Waals surface area contributed by atoms with Crippen molar-refractivity contribution in [3.05, 3.63) is 36.0 Å². The second-order valence-corrected chi connectivity index (χ2v) is 9.24. The van der Waals surface area contributed by atoms with Gasteiger partial charge in [0.1, 0.15) is 18.1 Å². The van der Waals surface area contributed by atoms with Crippen LogP contribution in [0.15, 0.2) is 35.5 Å². The molecule has 1 aromatic heterocycles. The Labute approximate surface area is 230 Å². The molecule has 11 N–H and O–H groups in total. The average Bonchev–Trinajstić information content (AvgIpc) is 3.30. The maximum Gasteiger partial charge on any atom is 0.326 e. The number of aliphatic imine (C=N–C) groups is 1. The molecule has 1 aromatic carbocycles. The molecule has 15 heteroatoms. The number of benzene rings is 1. The number of guanidine groups is 1. The highest BCUT2D eigenvalue weighted by Gasteiger charge is 2.30. The standard InChI is InChI=1S/C23H34N8O5S2/c24-14(10-37)19(32)30-17(8-12-9-28-15-5-2-1-4-13(12)15)20(33)31-18(11-38)21(34)29-16(22(35)36)6-3-7-27-23(25)26/h1-2,4-5,9,14,16-18,28,37-38H,3,6-8,10-11,24H2,(H,29,34)(H,30,32)(H,31,33)(H,35,36)(H4,25,26,27). The first-order valence-electron chi connectivity index (χ1n) is 11.8. The molecule has 0 fully saturated rings. The van der Waals surface area contributed by atoms with Crippen LogP contribution < -0.4 is 33.2 Å². The van der Waals surface area contributed by atoms with Crippen molar-refractivity contribution in [3.63, 3.8) is 0 Å². The number of amides is 3. The summed E-state index contributed by atoms with van der Waals surface area (Å²) >= 11 is 8.18. The quantitative estimate of drug-likeness (QED) is 0.0526. The van der Waals surface area contributed by atoms with Crippen molar-refractivity contribution >= 4 is 65.8 Å². The smallest absolute Gasteiger partial charge is 0.326 e. The summed E-state index contributed by atoms with van der Waals surface area (Å²) in [5.74, 6) is -3.42. The zero-order valence-corrected chi connectivity index (χ0v) is 22.4. The molecule has 0 aliphatic rings. The highest BCUT2D eigenvalue weighted by Crippen LogP contribution is 2.19. The lowest BCUT2D eigenvalue weighted by Gasteiger charge is -2.24. The molecule has 208 valence electrons.